The molecule has 3 aromatic heterocycles. The number of nitrogens with zero attached hydrogens (tertiary/aromatic N) is 3. The Morgan fingerprint density at radius 2 is 1.47 bits per heavy atom. The molecule has 0 saturated carbocycles. The predicted octanol–water partition coefficient (Wildman–Crippen LogP) is 3.86. The molecule has 0 aliphatic carbocycles. The maximum absolute atomic E-state index is 5.90. The van der Waals surface area contributed by atoms with E-state index in [0.717, 1.165) is 22.5 Å². The van der Waals surface area contributed by atoms with Crippen molar-refractivity contribution in [2.24, 2.45) is 0 Å². The van der Waals surface area contributed by atoms with Gasteiger partial charge in [-0.05, 0) is 36.4 Å². The van der Waals surface area contributed by atoms with Gasteiger partial charge in [-0.15, -0.1) is 0 Å². The third-order valence-electron chi connectivity index (χ3n) is 2.75. The quantitative estimate of drug-likeness (QED) is 0.662. The van der Waals surface area contributed by atoms with Gasteiger partial charge in [0, 0.05) is 29.7 Å². The lowest BCUT2D eigenvalue weighted by Gasteiger charge is -2.05. The van der Waals surface area contributed by atoms with Crippen LogP contribution in [0.5, 0.6) is 0 Å². The number of halogens is 1. The van der Waals surface area contributed by atoms with Gasteiger partial charge in [0.25, 0.3) is 0 Å². The van der Waals surface area contributed by atoms with Crippen molar-refractivity contribution in [3.05, 3.63) is 66.2 Å². The lowest BCUT2D eigenvalue weighted by atomic mass is 10.1. The van der Waals surface area contributed by atoms with E-state index in [0.29, 0.717) is 5.15 Å². The fourth-order valence-electron chi connectivity index (χ4n) is 1.84. The van der Waals surface area contributed by atoms with Gasteiger partial charge in [-0.1, -0.05) is 17.7 Å². The van der Waals surface area contributed by atoms with Crippen LogP contribution in [0.4, 0.5) is 0 Å². The number of hydrogen-bond donors (Lipinski definition) is 0. The molecular formula is C15H10ClN3. The summed E-state index contributed by atoms with van der Waals surface area (Å²) in [5.41, 5.74) is 3.78. The zero-order chi connectivity index (χ0) is 13.1. The number of aromatic nitrogens is 3. The third-order valence-corrected chi connectivity index (χ3v) is 2.95. The highest BCUT2D eigenvalue weighted by Gasteiger charge is 2.03. The van der Waals surface area contributed by atoms with Crippen LogP contribution in [0.15, 0.2) is 61.1 Å². The smallest absolute Gasteiger partial charge is 0.129 e. The second kappa shape index (κ2) is 5.16. The van der Waals surface area contributed by atoms with Crippen LogP contribution in [0.1, 0.15) is 0 Å². The molecule has 0 aliphatic heterocycles. The van der Waals surface area contributed by atoms with Crippen LogP contribution in [0, 0.1) is 0 Å². The molecule has 0 N–H and O–H groups in total. The summed E-state index contributed by atoms with van der Waals surface area (Å²) in [5.74, 6) is 0. The van der Waals surface area contributed by atoms with E-state index in [9.17, 15) is 0 Å². The van der Waals surface area contributed by atoms with Crippen molar-refractivity contribution in [1.29, 1.82) is 0 Å². The molecule has 19 heavy (non-hydrogen) atoms. The summed E-state index contributed by atoms with van der Waals surface area (Å²) in [7, 11) is 0. The molecule has 4 heteroatoms. The molecule has 0 aromatic carbocycles. The van der Waals surface area contributed by atoms with Crippen LogP contribution in [0.3, 0.4) is 0 Å². The maximum atomic E-state index is 5.90. The van der Waals surface area contributed by atoms with Crippen molar-refractivity contribution in [2.75, 3.05) is 0 Å². The SMILES string of the molecule is Clc1cc(-c2cccc(-c3ccncc3)n2)ccn1. The van der Waals surface area contributed by atoms with Crippen molar-refractivity contribution in [2.45, 2.75) is 0 Å². The van der Waals surface area contributed by atoms with Gasteiger partial charge in [-0.25, -0.2) is 9.97 Å². The summed E-state index contributed by atoms with van der Waals surface area (Å²) in [6.45, 7) is 0. The number of hydrogen-bond acceptors (Lipinski definition) is 3. The first-order valence-corrected chi connectivity index (χ1v) is 6.20. The molecule has 92 valence electrons. The van der Waals surface area contributed by atoms with E-state index in [-0.39, 0.29) is 0 Å². The van der Waals surface area contributed by atoms with E-state index < -0.39 is 0 Å². The molecule has 3 rings (SSSR count). The molecule has 0 bridgehead atoms. The van der Waals surface area contributed by atoms with Gasteiger partial charge in [-0.2, -0.15) is 0 Å². The van der Waals surface area contributed by atoms with E-state index >= 15 is 0 Å². The Hall–Kier alpha value is -2.26. The first-order chi connectivity index (χ1) is 9.33. The Kier molecular flexibility index (Phi) is 3.21. The molecule has 0 fully saturated rings. The summed E-state index contributed by atoms with van der Waals surface area (Å²) >= 11 is 5.90. The monoisotopic (exact) mass is 267 g/mol. The molecule has 3 heterocycles. The molecule has 0 radical (unpaired) electrons. The van der Waals surface area contributed by atoms with Crippen molar-refractivity contribution in [3.8, 4) is 22.5 Å². The van der Waals surface area contributed by atoms with Crippen molar-refractivity contribution >= 4 is 11.6 Å². The summed E-state index contributed by atoms with van der Waals surface area (Å²) in [4.78, 5) is 12.6. The van der Waals surface area contributed by atoms with Crippen LogP contribution in [-0.4, -0.2) is 15.0 Å². The molecule has 3 nitrogen and oxygen atoms in total. The summed E-state index contributed by atoms with van der Waals surface area (Å²) in [6, 6.07) is 13.5. The third kappa shape index (κ3) is 2.61. The highest BCUT2D eigenvalue weighted by Crippen LogP contribution is 2.23. The predicted molar refractivity (Wildman–Crippen MR) is 75.7 cm³/mol. The molecule has 0 atom stereocenters. The van der Waals surface area contributed by atoms with E-state index in [1.165, 1.54) is 0 Å². The van der Waals surface area contributed by atoms with Crippen LogP contribution in [0.25, 0.3) is 22.5 Å². The minimum absolute atomic E-state index is 0.466. The average Bonchev–Trinajstić information content (AvgIpc) is 2.48. The minimum atomic E-state index is 0.466. The zero-order valence-corrected chi connectivity index (χ0v) is 10.7. The average molecular weight is 268 g/mol. The lowest BCUT2D eigenvalue weighted by molar-refractivity contribution is 1.27. The topological polar surface area (TPSA) is 38.7 Å². The van der Waals surface area contributed by atoms with Gasteiger partial charge in [0.15, 0.2) is 0 Å². The normalized spacial score (nSPS) is 10.4. The van der Waals surface area contributed by atoms with Crippen LogP contribution in [0.2, 0.25) is 5.15 Å². The fourth-order valence-corrected chi connectivity index (χ4v) is 2.01. The van der Waals surface area contributed by atoms with E-state index in [2.05, 4.69) is 15.0 Å². The highest BCUT2D eigenvalue weighted by atomic mass is 35.5. The Bertz CT molecular complexity index is 699. The fraction of sp³-hybridized carbons (Fsp3) is 0. The van der Waals surface area contributed by atoms with Gasteiger partial charge in [0.1, 0.15) is 5.15 Å². The molecule has 0 saturated heterocycles. The van der Waals surface area contributed by atoms with E-state index in [1.807, 2.05) is 36.4 Å². The molecular weight excluding hydrogens is 258 g/mol. The van der Waals surface area contributed by atoms with Crippen LogP contribution >= 0.6 is 11.6 Å². The molecule has 0 unspecified atom stereocenters. The van der Waals surface area contributed by atoms with Crippen molar-refractivity contribution in [1.82, 2.24) is 15.0 Å². The van der Waals surface area contributed by atoms with Crippen molar-refractivity contribution in [3.63, 3.8) is 0 Å². The van der Waals surface area contributed by atoms with Gasteiger partial charge in [0.05, 0.1) is 11.4 Å². The second-order valence-electron chi connectivity index (χ2n) is 4.01. The van der Waals surface area contributed by atoms with E-state index in [4.69, 9.17) is 11.6 Å². The highest BCUT2D eigenvalue weighted by molar-refractivity contribution is 6.29. The Morgan fingerprint density at radius 3 is 2.21 bits per heavy atom. The van der Waals surface area contributed by atoms with Gasteiger partial charge in [-0.3, -0.25) is 4.98 Å². The van der Waals surface area contributed by atoms with Gasteiger partial charge in [0.2, 0.25) is 0 Å². The lowest BCUT2D eigenvalue weighted by Crippen LogP contribution is -1.88. The van der Waals surface area contributed by atoms with E-state index in [1.54, 1.807) is 24.7 Å². The van der Waals surface area contributed by atoms with Crippen LogP contribution in [-0.2, 0) is 0 Å². The zero-order valence-electron chi connectivity index (χ0n) is 9.99. The number of pyridine rings is 3. The minimum Gasteiger partial charge on any atom is -0.265 e. The molecule has 3 aromatic rings. The van der Waals surface area contributed by atoms with Gasteiger partial charge < -0.3 is 0 Å². The van der Waals surface area contributed by atoms with Crippen LogP contribution < -0.4 is 0 Å². The second-order valence-corrected chi connectivity index (χ2v) is 4.40. The molecule has 0 amide bonds. The summed E-state index contributed by atoms with van der Waals surface area (Å²) in [6.07, 6.45) is 5.19. The first-order valence-electron chi connectivity index (χ1n) is 5.82. The van der Waals surface area contributed by atoms with Gasteiger partial charge >= 0.3 is 0 Å². The molecule has 0 spiro atoms. The standard InChI is InChI=1S/C15H10ClN3/c16-15-10-12(6-9-18-15)14-3-1-2-13(19-14)11-4-7-17-8-5-11/h1-10H. The Balaban J connectivity index is 2.06. The van der Waals surface area contributed by atoms with Crippen molar-refractivity contribution < 1.29 is 0 Å². The Morgan fingerprint density at radius 1 is 0.789 bits per heavy atom. The summed E-state index contributed by atoms with van der Waals surface area (Å²) in [5, 5.41) is 0.466. The number of rotatable bonds is 2. The first kappa shape index (κ1) is 11.8. The largest absolute Gasteiger partial charge is 0.265 e. The Labute approximate surface area is 116 Å². The molecule has 0 aliphatic rings. The maximum Gasteiger partial charge on any atom is 0.129 e. The summed E-state index contributed by atoms with van der Waals surface area (Å²) < 4.78 is 0.